The number of fused-ring (bicyclic) bond motifs is 1. The summed E-state index contributed by atoms with van der Waals surface area (Å²) in [6, 6.07) is 7.37. The first-order valence-electron chi connectivity index (χ1n) is 11.3. The molecule has 9 heteroatoms. The van der Waals surface area contributed by atoms with Crippen LogP contribution >= 0.6 is 0 Å². The summed E-state index contributed by atoms with van der Waals surface area (Å²) in [7, 11) is 1.62. The third-order valence-electron chi connectivity index (χ3n) is 6.77. The second-order valence-corrected chi connectivity index (χ2v) is 8.99. The van der Waals surface area contributed by atoms with Crippen LogP contribution in [0.25, 0.3) is 10.9 Å². The van der Waals surface area contributed by atoms with Crippen LogP contribution in [0.3, 0.4) is 0 Å². The van der Waals surface area contributed by atoms with Crippen LogP contribution < -0.4 is 10.3 Å². The van der Waals surface area contributed by atoms with Crippen molar-refractivity contribution in [1.29, 1.82) is 0 Å². The molecule has 1 fully saturated rings. The molecular formula is C23H33N7O2. The first-order chi connectivity index (χ1) is 15.4. The van der Waals surface area contributed by atoms with Gasteiger partial charge in [-0.3, -0.25) is 9.69 Å². The van der Waals surface area contributed by atoms with E-state index in [-0.39, 0.29) is 17.1 Å². The summed E-state index contributed by atoms with van der Waals surface area (Å²) in [5, 5.41) is 13.8. The number of aromatic amines is 1. The number of benzene rings is 1. The Labute approximate surface area is 188 Å². The molecular weight excluding hydrogens is 406 g/mol. The van der Waals surface area contributed by atoms with Gasteiger partial charge in [-0.25, -0.2) is 4.68 Å². The molecule has 0 saturated carbocycles. The van der Waals surface area contributed by atoms with Crippen molar-refractivity contribution in [2.45, 2.75) is 45.7 Å². The van der Waals surface area contributed by atoms with Crippen LogP contribution in [0.1, 0.15) is 51.5 Å². The lowest BCUT2D eigenvalue weighted by atomic mass is 9.99. The molecule has 1 N–H and O–H groups in total. The van der Waals surface area contributed by atoms with Crippen molar-refractivity contribution in [3.05, 3.63) is 46.0 Å². The molecule has 0 aliphatic carbocycles. The minimum absolute atomic E-state index is 0.127. The Morgan fingerprint density at radius 2 is 1.91 bits per heavy atom. The fraction of sp³-hybridized carbons (Fsp3) is 0.565. The van der Waals surface area contributed by atoms with E-state index >= 15 is 0 Å². The van der Waals surface area contributed by atoms with Gasteiger partial charge in [0, 0.05) is 37.8 Å². The number of hydrogen-bond donors (Lipinski definition) is 1. The maximum absolute atomic E-state index is 13.4. The number of nitrogens with zero attached hydrogens (tertiary/aromatic N) is 6. The Bertz CT molecular complexity index is 1130. The van der Waals surface area contributed by atoms with Gasteiger partial charge in [0.25, 0.3) is 5.56 Å². The van der Waals surface area contributed by atoms with E-state index in [1.54, 1.807) is 7.11 Å². The summed E-state index contributed by atoms with van der Waals surface area (Å²) in [4.78, 5) is 21.2. The molecule has 32 heavy (non-hydrogen) atoms. The quantitative estimate of drug-likeness (QED) is 0.604. The highest BCUT2D eigenvalue weighted by atomic mass is 16.5. The number of tetrazole rings is 1. The molecule has 1 atom stereocenters. The highest BCUT2D eigenvalue weighted by Gasteiger charge is 2.35. The Morgan fingerprint density at radius 1 is 1.16 bits per heavy atom. The van der Waals surface area contributed by atoms with Crippen molar-refractivity contribution < 1.29 is 4.74 Å². The van der Waals surface area contributed by atoms with Crippen molar-refractivity contribution in [3.63, 3.8) is 0 Å². The highest BCUT2D eigenvalue weighted by Crippen LogP contribution is 2.31. The van der Waals surface area contributed by atoms with Crippen molar-refractivity contribution in [2.24, 2.45) is 0 Å². The fourth-order valence-corrected chi connectivity index (χ4v) is 4.31. The standard InChI is InChI=1S/C23H33N7O2/c1-6-23(3,4)30-21(25-26-27-30)20(29-12-10-28(7-2)11-13-29)18-14-16-8-9-17(32-5)15-19(16)24-22(18)31/h8-9,14-15,20H,6-7,10-13H2,1-5H3,(H,24,31)/t20-/m1/s1. The van der Waals surface area contributed by atoms with E-state index in [2.05, 4.69) is 58.0 Å². The average molecular weight is 440 g/mol. The van der Waals surface area contributed by atoms with E-state index in [9.17, 15) is 4.79 Å². The van der Waals surface area contributed by atoms with Gasteiger partial charge in [0.05, 0.1) is 18.2 Å². The highest BCUT2D eigenvalue weighted by molar-refractivity contribution is 5.80. The topological polar surface area (TPSA) is 92.2 Å². The number of ether oxygens (including phenoxy) is 1. The summed E-state index contributed by atoms with van der Waals surface area (Å²) in [5.41, 5.74) is 1.02. The summed E-state index contributed by atoms with van der Waals surface area (Å²) >= 11 is 0. The molecule has 0 amide bonds. The molecule has 3 aromatic rings. The maximum atomic E-state index is 13.4. The van der Waals surface area contributed by atoms with Gasteiger partial charge in [-0.15, -0.1) is 5.10 Å². The van der Waals surface area contributed by atoms with Gasteiger partial charge in [-0.1, -0.05) is 13.8 Å². The second-order valence-electron chi connectivity index (χ2n) is 8.99. The van der Waals surface area contributed by atoms with Crippen molar-refractivity contribution in [3.8, 4) is 5.75 Å². The predicted molar refractivity (Wildman–Crippen MR) is 124 cm³/mol. The van der Waals surface area contributed by atoms with Gasteiger partial charge in [0.2, 0.25) is 0 Å². The zero-order valence-corrected chi connectivity index (χ0v) is 19.6. The van der Waals surface area contributed by atoms with Crippen molar-refractivity contribution >= 4 is 10.9 Å². The van der Waals surface area contributed by atoms with Gasteiger partial charge >= 0.3 is 0 Å². The molecule has 1 aromatic carbocycles. The Kier molecular flexibility index (Phi) is 6.30. The Morgan fingerprint density at radius 3 is 2.56 bits per heavy atom. The van der Waals surface area contributed by atoms with Gasteiger partial charge in [0.1, 0.15) is 11.8 Å². The average Bonchev–Trinajstić information content (AvgIpc) is 3.30. The molecule has 172 valence electrons. The normalized spacial score (nSPS) is 17.0. The molecule has 0 bridgehead atoms. The zero-order chi connectivity index (χ0) is 22.9. The molecule has 0 radical (unpaired) electrons. The molecule has 1 aliphatic heterocycles. The smallest absolute Gasteiger partial charge is 0.253 e. The third-order valence-corrected chi connectivity index (χ3v) is 6.77. The van der Waals surface area contributed by atoms with Crippen LogP contribution in [-0.2, 0) is 5.54 Å². The number of aromatic nitrogens is 5. The second kappa shape index (κ2) is 8.99. The van der Waals surface area contributed by atoms with E-state index < -0.39 is 0 Å². The zero-order valence-electron chi connectivity index (χ0n) is 19.6. The van der Waals surface area contributed by atoms with Crippen LogP contribution in [0.15, 0.2) is 29.1 Å². The Balaban J connectivity index is 1.85. The van der Waals surface area contributed by atoms with Crippen LogP contribution in [0, 0.1) is 0 Å². The number of hydrogen-bond acceptors (Lipinski definition) is 7. The van der Waals surface area contributed by atoms with Crippen LogP contribution in [0.5, 0.6) is 5.75 Å². The SMILES string of the molecule is CCN1CCN([C@H](c2cc3ccc(OC)cc3[nH]c2=O)c2nnnn2C(C)(C)CC)CC1. The van der Waals surface area contributed by atoms with E-state index in [1.165, 1.54) is 0 Å². The van der Waals surface area contributed by atoms with Gasteiger partial charge < -0.3 is 14.6 Å². The van der Waals surface area contributed by atoms with Gasteiger partial charge in [0.15, 0.2) is 5.82 Å². The van der Waals surface area contributed by atoms with Gasteiger partial charge in [-0.05, 0) is 60.8 Å². The first kappa shape index (κ1) is 22.4. The molecule has 0 unspecified atom stereocenters. The monoisotopic (exact) mass is 439 g/mol. The predicted octanol–water partition coefficient (Wildman–Crippen LogP) is 2.40. The lowest BCUT2D eigenvalue weighted by molar-refractivity contribution is 0.105. The summed E-state index contributed by atoms with van der Waals surface area (Å²) in [6.45, 7) is 13.2. The van der Waals surface area contributed by atoms with Gasteiger partial charge in [-0.2, -0.15) is 0 Å². The lowest BCUT2D eigenvalue weighted by Gasteiger charge is -2.39. The van der Waals surface area contributed by atoms with Crippen molar-refractivity contribution in [2.75, 3.05) is 39.8 Å². The van der Waals surface area contributed by atoms with E-state index in [1.807, 2.05) is 28.9 Å². The number of H-pyrrole nitrogens is 1. The van der Waals surface area contributed by atoms with E-state index in [0.717, 1.165) is 50.0 Å². The number of methoxy groups -OCH3 is 1. The number of pyridine rings is 1. The molecule has 2 aromatic heterocycles. The van der Waals surface area contributed by atoms with E-state index in [0.29, 0.717) is 17.1 Å². The number of likely N-dealkylation sites (N-methyl/N-ethyl adjacent to an activating group) is 1. The third kappa shape index (κ3) is 4.14. The summed E-state index contributed by atoms with van der Waals surface area (Å²) in [5.74, 6) is 1.42. The first-order valence-corrected chi connectivity index (χ1v) is 11.3. The molecule has 1 aliphatic rings. The molecule has 3 heterocycles. The molecule has 1 saturated heterocycles. The van der Waals surface area contributed by atoms with Crippen LogP contribution in [0.2, 0.25) is 0 Å². The Hall–Kier alpha value is -2.78. The number of rotatable bonds is 7. The maximum Gasteiger partial charge on any atom is 0.253 e. The fourth-order valence-electron chi connectivity index (χ4n) is 4.31. The number of piperazine rings is 1. The summed E-state index contributed by atoms with van der Waals surface area (Å²) < 4.78 is 7.21. The lowest BCUT2D eigenvalue weighted by Crippen LogP contribution is -2.49. The summed E-state index contributed by atoms with van der Waals surface area (Å²) in [6.07, 6.45) is 0.870. The molecule has 0 spiro atoms. The van der Waals surface area contributed by atoms with E-state index in [4.69, 9.17) is 4.74 Å². The molecule has 9 nitrogen and oxygen atoms in total. The largest absolute Gasteiger partial charge is 0.497 e. The molecule has 4 rings (SSSR count). The minimum atomic E-state index is -0.329. The van der Waals surface area contributed by atoms with Crippen LogP contribution in [-0.4, -0.2) is 74.8 Å². The van der Waals surface area contributed by atoms with Crippen LogP contribution in [0.4, 0.5) is 0 Å². The number of nitrogens with one attached hydrogen (secondary N) is 1. The minimum Gasteiger partial charge on any atom is -0.497 e. The van der Waals surface area contributed by atoms with Crippen molar-refractivity contribution in [1.82, 2.24) is 35.0 Å².